The Bertz CT molecular complexity index is 384. The van der Waals surface area contributed by atoms with E-state index in [2.05, 4.69) is 19.2 Å². The Morgan fingerprint density at radius 2 is 2.11 bits per heavy atom. The van der Waals surface area contributed by atoms with Crippen LogP contribution in [0.5, 0.6) is 0 Å². The van der Waals surface area contributed by atoms with Crippen molar-refractivity contribution in [1.82, 2.24) is 9.88 Å². The van der Waals surface area contributed by atoms with Crippen molar-refractivity contribution in [3.63, 3.8) is 0 Å². The summed E-state index contributed by atoms with van der Waals surface area (Å²) < 4.78 is 1.77. The highest BCUT2D eigenvalue weighted by atomic mass is 16.2. The zero-order valence-corrected chi connectivity index (χ0v) is 11.7. The van der Waals surface area contributed by atoms with Gasteiger partial charge in [-0.3, -0.25) is 4.79 Å². The summed E-state index contributed by atoms with van der Waals surface area (Å²) in [5.41, 5.74) is 6.94. The molecule has 0 fully saturated rings. The van der Waals surface area contributed by atoms with Crippen LogP contribution in [0, 0.1) is 0 Å². The number of hydrogen-bond donors (Lipinski definition) is 2. The number of unbranched alkanes of at least 4 members (excludes halogenated alkanes) is 1. The molecular weight excluding hydrogens is 226 g/mol. The number of hydrogen-bond acceptors (Lipinski definition) is 2. The molecule has 0 aromatic carbocycles. The highest BCUT2D eigenvalue weighted by molar-refractivity contribution is 5.93. The molecule has 1 rings (SSSR count). The molecule has 0 aliphatic rings. The number of anilines is 1. The van der Waals surface area contributed by atoms with Gasteiger partial charge in [-0.05, 0) is 18.9 Å². The number of carbonyl (C=O) groups is 1. The van der Waals surface area contributed by atoms with Crippen molar-refractivity contribution in [2.45, 2.75) is 52.0 Å². The molecular formula is C14H25N3O. The van der Waals surface area contributed by atoms with E-state index in [4.69, 9.17) is 5.73 Å². The number of aryl methyl sites for hydroxylation is 1. The molecule has 0 aliphatic carbocycles. The van der Waals surface area contributed by atoms with Crippen molar-refractivity contribution in [2.24, 2.45) is 7.05 Å². The third kappa shape index (κ3) is 4.09. The van der Waals surface area contributed by atoms with E-state index < -0.39 is 0 Å². The lowest BCUT2D eigenvalue weighted by Gasteiger charge is -2.18. The van der Waals surface area contributed by atoms with Gasteiger partial charge in [0.25, 0.3) is 5.91 Å². The minimum absolute atomic E-state index is 0.0243. The Kier molecular flexibility index (Phi) is 5.75. The predicted molar refractivity (Wildman–Crippen MR) is 75.5 cm³/mol. The average molecular weight is 251 g/mol. The van der Waals surface area contributed by atoms with Gasteiger partial charge in [0.05, 0.1) is 5.69 Å². The molecule has 102 valence electrons. The second kappa shape index (κ2) is 7.09. The molecule has 1 atom stereocenters. The molecule has 4 heteroatoms. The van der Waals surface area contributed by atoms with Crippen LogP contribution in [0.4, 0.5) is 5.69 Å². The zero-order chi connectivity index (χ0) is 13.5. The first-order valence-electron chi connectivity index (χ1n) is 6.81. The van der Waals surface area contributed by atoms with Gasteiger partial charge in [0.15, 0.2) is 0 Å². The first-order chi connectivity index (χ1) is 8.58. The first-order valence-corrected chi connectivity index (χ1v) is 6.81. The van der Waals surface area contributed by atoms with Crippen molar-refractivity contribution in [3.05, 3.63) is 18.0 Å². The minimum Gasteiger partial charge on any atom is -0.397 e. The van der Waals surface area contributed by atoms with Crippen LogP contribution in [-0.4, -0.2) is 16.5 Å². The van der Waals surface area contributed by atoms with Gasteiger partial charge in [-0.15, -0.1) is 0 Å². The molecule has 0 spiro atoms. The van der Waals surface area contributed by atoms with E-state index in [0.717, 1.165) is 32.1 Å². The van der Waals surface area contributed by atoms with E-state index in [1.54, 1.807) is 16.8 Å². The van der Waals surface area contributed by atoms with Gasteiger partial charge in [0.1, 0.15) is 5.69 Å². The molecule has 0 radical (unpaired) electrons. The van der Waals surface area contributed by atoms with Crippen LogP contribution in [0.15, 0.2) is 12.3 Å². The summed E-state index contributed by atoms with van der Waals surface area (Å²) in [5.74, 6) is -0.0243. The molecule has 4 nitrogen and oxygen atoms in total. The molecule has 1 aromatic heterocycles. The number of amides is 1. The number of nitrogen functional groups attached to an aromatic ring is 1. The van der Waals surface area contributed by atoms with Crippen molar-refractivity contribution in [3.8, 4) is 0 Å². The molecule has 1 aromatic rings. The quantitative estimate of drug-likeness (QED) is 0.782. The van der Waals surface area contributed by atoms with Crippen molar-refractivity contribution in [1.29, 1.82) is 0 Å². The van der Waals surface area contributed by atoms with Gasteiger partial charge in [-0.1, -0.05) is 33.1 Å². The fourth-order valence-electron chi connectivity index (χ4n) is 2.16. The minimum atomic E-state index is -0.0243. The maximum Gasteiger partial charge on any atom is 0.268 e. The smallest absolute Gasteiger partial charge is 0.268 e. The summed E-state index contributed by atoms with van der Waals surface area (Å²) in [6.45, 7) is 4.31. The monoisotopic (exact) mass is 251 g/mol. The van der Waals surface area contributed by atoms with Crippen LogP contribution < -0.4 is 11.1 Å². The average Bonchev–Trinajstić information content (AvgIpc) is 2.65. The fourth-order valence-corrected chi connectivity index (χ4v) is 2.16. The number of aromatic nitrogens is 1. The molecule has 18 heavy (non-hydrogen) atoms. The summed E-state index contributed by atoms with van der Waals surface area (Å²) in [4.78, 5) is 12.1. The summed E-state index contributed by atoms with van der Waals surface area (Å²) in [7, 11) is 1.84. The lowest BCUT2D eigenvalue weighted by Crippen LogP contribution is -2.35. The topological polar surface area (TPSA) is 60.1 Å². The molecule has 3 N–H and O–H groups in total. The van der Waals surface area contributed by atoms with Gasteiger partial charge < -0.3 is 15.6 Å². The Hall–Kier alpha value is -1.45. The normalized spacial score (nSPS) is 12.4. The van der Waals surface area contributed by atoms with Crippen LogP contribution in [-0.2, 0) is 7.05 Å². The molecule has 0 saturated heterocycles. The van der Waals surface area contributed by atoms with Crippen molar-refractivity contribution >= 4 is 11.6 Å². The van der Waals surface area contributed by atoms with Gasteiger partial charge >= 0.3 is 0 Å². The van der Waals surface area contributed by atoms with Crippen LogP contribution in [0.25, 0.3) is 0 Å². The van der Waals surface area contributed by atoms with E-state index in [1.165, 1.54) is 0 Å². The zero-order valence-electron chi connectivity index (χ0n) is 11.7. The Balaban J connectivity index is 2.62. The van der Waals surface area contributed by atoms with E-state index in [9.17, 15) is 4.79 Å². The van der Waals surface area contributed by atoms with Crippen LogP contribution in [0.1, 0.15) is 56.4 Å². The Labute approximate surface area is 110 Å². The molecule has 1 unspecified atom stereocenters. The van der Waals surface area contributed by atoms with Gasteiger partial charge in [0.2, 0.25) is 0 Å². The number of carbonyl (C=O) groups excluding carboxylic acids is 1. The number of nitrogens with one attached hydrogen (secondary N) is 1. The maximum absolute atomic E-state index is 12.1. The highest BCUT2D eigenvalue weighted by Crippen LogP contribution is 2.11. The number of nitrogens with zero attached hydrogens (tertiary/aromatic N) is 1. The third-order valence-corrected chi connectivity index (χ3v) is 3.14. The molecule has 0 saturated carbocycles. The lowest BCUT2D eigenvalue weighted by molar-refractivity contribution is 0.0924. The second-order valence-corrected chi connectivity index (χ2v) is 4.87. The van der Waals surface area contributed by atoms with Gasteiger partial charge in [-0.2, -0.15) is 0 Å². The molecule has 0 aliphatic heterocycles. The highest BCUT2D eigenvalue weighted by Gasteiger charge is 2.15. The van der Waals surface area contributed by atoms with Crippen LogP contribution >= 0.6 is 0 Å². The van der Waals surface area contributed by atoms with E-state index in [-0.39, 0.29) is 11.9 Å². The lowest BCUT2D eigenvalue weighted by atomic mass is 10.1. The summed E-state index contributed by atoms with van der Waals surface area (Å²) in [5, 5.41) is 3.11. The molecule has 1 amide bonds. The van der Waals surface area contributed by atoms with Gasteiger partial charge in [0, 0.05) is 19.3 Å². The largest absolute Gasteiger partial charge is 0.397 e. The number of nitrogens with two attached hydrogens (primary N) is 1. The van der Waals surface area contributed by atoms with E-state index >= 15 is 0 Å². The number of rotatable bonds is 7. The van der Waals surface area contributed by atoms with E-state index in [1.807, 2.05) is 7.05 Å². The first kappa shape index (κ1) is 14.6. The Morgan fingerprint density at radius 3 is 2.61 bits per heavy atom. The molecule has 0 bridgehead atoms. The van der Waals surface area contributed by atoms with Crippen LogP contribution in [0.2, 0.25) is 0 Å². The SMILES string of the molecule is CCCCC(CCC)NC(=O)c1cc(N)cn1C. The Morgan fingerprint density at radius 1 is 1.39 bits per heavy atom. The summed E-state index contributed by atoms with van der Waals surface area (Å²) in [6.07, 6.45) is 7.24. The second-order valence-electron chi connectivity index (χ2n) is 4.87. The fraction of sp³-hybridized carbons (Fsp3) is 0.643. The van der Waals surface area contributed by atoms with Crippen molar-refractivity contribution < 1.29 is 4.79 Å². The molecule has 1 heterocycles. The predicted octanol–water partition coefficient (Wildman–Crippen LogP) is 2.70. The summed E-state index contributed by atoms with van der Waals surface area (Å²) in [6, 6.07) is 2.00. The van der Waals surface area contributed by atoms with Crippen LogP contribution in [0.3, 0.4) is 0 Å². The van der Waals surface area contributed by atoms with E-state index in [0.29, 0.717) is 11.4 Å². The van der Waals surface area contributed by atoms with Crippen molar-refractivity contribution in [2.75, 3.05) is 5.73 Å². The summed E-state index contributed by atoms with van der Waals surface area (Å²) >= 11 is 0. The maximum atomic E-state index is 12.1. The third-order valence-electron chi connectivity index (χ3n) is 3.14. The standard InChI is InChI=1S/C14H25N3O/c1-4-6-8-12(7-5-2)16-14(18)13-9-11(15)10-17(13)3/h9-10,12H,4-8,15H2,1-3H3,(H,16,18). The van der Waals surface area contributed by atoms with Gasteiger partial charge in [-0.25, -0.2) is 0 Å².